The topological polar surface area (TPSA) is 130 Å². The van der Waals surface area contributed by atoms with Gasteiger partial charge in [0.15, 0.2) is 0 Å². The number of hydroxylamine groups is 2. The molecule has 8 nitrogen and oxygen atoms in total. The van der Waals surface area contributed by atoms with E-state index >= 15 is 0 Å². The maximum absolute atomic E-state index is 11.4. The van der Waals surface area contributed by atoms with E-state index in [0.717, 1.165) is 25.0 Å². The van der Waals surface area contributed by atoms with Crippen LogP contribution in [0, 0.1) is 0 Å². The minimum Gasteiger partial charge on any atom is -0.147 e. The molecule has 1 atom stereocenters. The SMILES string of the molecule is CC(=O)Nc1ccc([As](=O)(O)O)c(O)c1.CC1CCCC(C)(C)N1[O]. The van der Waals surface area contributed by atoms with E-state index in [2.05, 4.69) is 5.32 Å². The van der Waals surface area contributed by atoms with Gasteiger partial charge >= 0.3 is 88.1 Å². The molecule has 1 radical (unpaired) electrons. The largest absolute Gasteiger partial charge is 0.147 e. The third kappa shape index (κ3) is 6.49. The Hall–Kier alpha value is -1.31. The molecule has 4 N–H and O–H groups in total. The number of nitrogens with zero attached hydrogens (tertiary/aromatic N) is 1. The first-order valence-corrected chi connectivity index (χ1v) is 11.4. The molecular weight excluding hydrogens is 391 g/mol. The van der Waals surface area contributed by atoms with Crippen LogP contribution in [0.5, 0.6) is 5.75 Å². The third-order valence-electron chi connectivity index (χ3n) is 4.02. The molecule has 1 amide bonds. The molecule has 0 saturated carbocycles. The fraction of sp³-hybridized carbons (Fsp3) is 0.562. The first kappa shape index (κ1) is 21.7. The van der Waals surface area contributed by atoms with E-state index in [1.165, 1.54) is 24.5 Å². The van der Waals surface area contributed by atoms with Crippen molar-refractivity contribution in [1.82, 2.24) is 5.06 Å². The zero-order chi connectivity index (χ0) is 19.4. The van der Waals surface area contributed by atoms with E-state index in [9.17, 15) is 18.8 Å². The predicted molar refractivity (Wildman–Crippen MR) is 92.8 cm³/mol. The Morgan fingerprint density at radius 3 is 2.36 bits per heavy atom. The zero-order valence-electron chi connectivity index (χ0n) is 14.9. The molecule has 1 saturated heterocycles. The van der Waals surface area contributed by atoms with Gasteiger partial charge < -0.3 is 0 Å². The third-order valence-corrected chi connectivity index (χ3v) is 6.13. The average molecular weight is 417 g/mol. The molecule has 0 aromatic heterocycles. The van der Waals surface area contributed by atoms with Crippen molar-refractivity contribution in [3.05, 3.63) is 18.2 Å². The quantitative estimate of drug-likeness (QED) is 0.529. The van der Waals surface area contributed by atoms with Crippen LogP contribution in [-0.2, 0) is 13.7 Å². The number of carbonyl (C=O) groups excluding carboxylic acids is 1. The van der Waals surface area contributed by atoms with E-state index in [0.29, 0.717) is 0 Å². The van der Waals surface area contributed by atoms with Gasteiger partial charge in [-0.1, -0.05) is 0 Å². The molecule has 0 aliphatic carbocycles. The molecule has 1 unspecified atom stereocenters. The average Bonchev–Trinajstić information content (AvgIpc) is 2.43. The Bertz CT molecular complexity index is 658. The Morgan fingerprint density at radius 2 is 1.96 bits per heavy atom. The molecule has 1 aliphatic rings. The number of anilines is 1. The maximum Gasteiger partial charge on any atom is 0.0440 e. The molecule has 0 spiro atoms. The Labute approximate surface area is 150 Å². The predicted octanol–water partition coefficient (Wildman–Crippen LogP) is 0.896. The van der Waals surface area contributed by atoms with Crippen LogP contribution in [0.2, 0.25) is 0 Å². The summed E-state index contributed by atoms with van der Waals surface area (Å²) in [6, 6.07) is 3.73. The number of rotatable bonds is 2. The van der Waals surface area contributed by atoms with E-state index in [4.69, 9.17) is 8.19 Å². The molecular formula is C16H26AsN2O6. The first-order chi connectivity index (χ1) is 11.3. The monoisotopic (exact) mass is 417 g/mol. The number of hydrogen-bond donors (Lipinski definition) is 4. The Balaban J connectivity index is 0.000000271. The Kier molecular flexibility index (Phi) is 7.28. The van der Waals surface area contributed by atoms with Crippen LogP contribution in [0.15, 0.2) is 18.2 Å². The summed E-state index contributed by atoms with van der Waals surface area (Å²) < 4.78 is 28.2. The van der Waals surface area contributed by atoms with E-state index in [-0.39, 0.29) is 23.2 Å². The van der Waals surface area contributed by atoms with Crippen LogP contribution in [0.1, 0.15) is 47.0 Å². The van der Waals surface area contributed by atoms with Crippen LogP contribution in [0.25, 0.3) is 0 Å². The molecule has 1 aromatic rings. The zero-order valence-corrected chi connectivity index (χ0v) is 16.8. The van der Waals surface area contributed by atoms with Gasteiger partial charge in [0.2, 0.25) is 0 Å². The summed E-state index contributed by atoms with van der Waals surface area (Å²) in [5.74, 6) is -0.850. The fourth-order valence-corrected chi connectivity index (χ4v) is 4.03. The number of hydrogen-bond acceptors (Lipinski definition) is 4. The van der Waals surface area contributed by atoms with Crippen LogP contribution in [0.4, 0.5) is 5.69 Å². The second kappa shape index (κ2) is 8.38. The molecule has 25 heavy (non-hydrogen) atoms. The molecule has 1 aliphatic heterocycles. The smallest absolute Gasteiger partial charge is 0.0440 e. The van der Waals surface area contributed by atoms with Crippen LogP contribution < -0.4 is 9.67 Å². The van der Waals surface area contributed by atoms with Gasteiger partial charge in [0.1, 0.15) is 0 Å². The van der Waals surface area contributed by atoms with Crippen molar-refractivity contribution in [2.75, 3.05) is 5.32 Å². The summed E-state index contributed by atoms with van der Waals surface area (Å²) in [5, 5.41) is 24.3. The number of phenols is 1. The van der Waals surface area contributed by atoms with Crippen molar-refractivity contribution >= 4 is 30.1 Å². The summed E-state index contributed by atoms with van der Waals surface area (Å²) >= 11 is -5.09. The second-order valence-electron chi connectivity index (χ2n) is 6.81. The van der Waals surface area contributed by atoms with E-state index in [1.54, 1.807) is 0 Å². The molecule has 9 heteroatoms. The number of benzene rings is 1. The number of amides is 1. The number of nitrogens with one attached hydrogen (secondary N) is 1. The van der Waals surface area contributed by atoms with Crippen molar-refractivity contribution < 1.29 is 27.0 Å². The van der Waals surface area contributed by atoms with Gasteiger partial charge in [-0.25, -0.2) is 0 Å². The minimum absolute atomic E-state index is 0.113. The molecule has 0 bridgehead atoms. The summed E-state index contributed by atoms with van der Waals surface area (Å²) in [6.45, 7) is 7.34. The molecule has 2 rings (SSSR count). The summed E-state index contributed by atoms with van der Waals surface area (Å²) in [5.41, 5.74) is 0.171. The van der Waals surface area contributed by atoms with Crippen molar-refractivity contribution in [3.8, 4) is 5.75 Å². The van der Waals surface area contributed by atoms with Gasteiger partial charge in [0.25, 0.3) is 0 Å². The fourth-order valence-electron chi connectivity index (χ4n) is 2.70. The van der Waals surface area contributed by atoms with Gasteiger partial charge in [-0.3, -0.25) is 0 Å². The molecule has 1 fully saturated rings. The van der Waals surface area contributed by atoms with Gasteiger partial charge in [-0.05, 0) is 40.0 Å². The van der Waals surface area contributed by atoms with E-state index in [1.807, 2.05) is 20.8 Å². The molecule has 1 aromatic carbocycles. The van der Waals surface area contributed by atoms with Gasteiger partial charge in [0.05, 0.1) is 0 Å². The maximum atomic E-state index is 11.4. The molecule has 1 heterocycles. The summed E-state index contributed by atoms with van der Waals surface area (Å²) in [7, 11) is 0. The van der Waals surface area contributed by atoms with Crippen LogP contribution >= 0.6 is 0 Å². The normalized spacial score (nSPS) is 20.4. The number of phenolic OH excluding ortho intramolecular Hbond substituents is 1. The standard InChI is InChI=1S/C8H10AsNO5.C8H16NO/c1-5(11)10-6-2-3-7(8(12)4-6)9(13,14)15;1-7-5-4-6-8(2,3)9(7)10/h2-4,12H,1H3,(H,10,11)(H2,13,14,15);7H,4-6H2,1-3H3. The van der Waals surface area contributed by atoms with Crippen molar-refractivity contribution in [2.45, 2.75) is 58.5 Å². The van der Waals surface area contributed by atoms with Crippen molar-refractivity contribution in [1.29, 1.82) is 0 Å². The van der Waals surface area contributed by atoms with E-state index < -0.39 is 24.3 Å². The van der Waals surface area contributed by atoms with Gasteiger partial charge in [-0.2, -0.15) is 0 Å². The second-order valence-corrected chi connectivity index (χ2v) is 10.1. The summed E-state index contributed by atoms with van der Waals surface area (Å²) in [6.07, 6.45) is 3.31. The van der Waals surface area contributed by atoms with Crippen LogP contribution in [0.3, 0.4) is 0 Å². The van der Waals surface area contributed by atoms with Crippen LogP contribution in [-0.4, -0.2) is 50.0 Å². The number of aromatic hydroxyl groups is 1. The minimum atomic E-state index is -5.09. The van der Waals surface area contributed by atoms with Gasteiger partial charge in [0, 0.05) is 11.6 Å². The van der Waals surface area contributed by atoms with Crippen molar-refractivity contribution in [3.63, 3.8) is 0 Å². The first-order valence-electron chi connectivity index (χ1n) is 7.98. The molecule has 141 valence electrons. The number of carbonyl (C=O) groups is 1. The Morgan fingerprint density at radius 1 is 1.36 bits per heavy atom. The number of piperidine rings is 1. The van der Waals surface area contributed by atoms with Gasteiger partial charge in [-0.15, -0.1) is 10.3 Å². The summed E-state index contributed by atoms with van der Waals surface area (Å²) in [4.78, 5) is 10.7. The van der Waals surface area contributed by atoms with Crippen molar-refractivity contribution in [2.24, 2.45) is 0 Å².